The molecule has 0 saturated carbocycles. The Hall–Kier alpha value is -0.270. The lowest BCUT2D eigenvalue weighted by Gasteiger charge is -2.35. The van der Waals surface area contributed by atoms with Crippen molar-refractivity contribution in [3.8, 4) is 0 Å². The maximum atomic E-state index is 12.2. The SMILES string of the molecule is CCN(C(C)(C)CN)S(=O)(=O)C(F)F. The Balaban J connectivity index is 5.11. The summed E-state index contributed by atoms with van der Waals surface area (Å²) in [7, 11) is -4.54. The van der Waals surface area contributed by atoms with Crippen molar-refractivity contribution in [3.05, 3.63) is 0 Å². The van der Waals surface area contributed by atoms with Crippen LogP contribution in [0.25, 0.3) is 0 Å². The molecule has 0 saturated heterocycles. The summed E-state index contributed by atoms with van der Waals surface area (Å²) in [5.41, 5.74) is 4.35. The Morgan fingerprint density at radius 3 is 2.07 bits per heavy atom. The van der Waals surface area contributed by atoms with Gasteiger partial charge in [0, 0.05) is 18.6 Å². The van der Waals surface area contributed by atoms with Crippen LogP contribution in [0.3, 0.4) is 0 Å². The molecule has 0 aliphatic carbocycles. The average molecular weight is 230 g/mol. The fraction of sp³-hybridized carbons (Fsp3) is 1.00. The number of hydrogen-bond acceptors (Lipinski definition) is 3. The highest BCUT2D eigenvalue weighted by atomic mass is 32.2. The lowest BCUT2D eigenvalue weighted by molar-refractivity contribution is 0.187. The number of nitrogens with two attached hydrogens (primary N) is 1. The highest BCUT2D eigenvalue weighted by molar-refractivity contribution is 7.89. The Labute approximate surface area is 83.1 Å². The van der Waals surface area contributed by atoms with Crippen molar-refractivity contribution in [2.45, 2.75) is 32.1 Å². The van der Waals surface area contributed by atoms with Crippen LogP contribution < -0.4 is 5.73 Å². The number of sulfonamides is 1. The van der Waals surface area contributed by atoms with Crippen molar-refractivity contribution in [3.63, 3.8) is 0 Å². The van der Waals surface area contributed by atoms with E-state index >= 15 is 0 Å². The van der Waals surface area contributed by atoms with Crippen LogP contribution >= 0.6 is 0 Å². The van der Waals surface area contributed by atoms with Gasteiger partial charge in [-0.05, 0) is 13.8 Å². The van der Waals surface area contributed by atoms with Crippen molar-refractivity contribution in [2.75, 3.05) is 13.1 Å². The van der Waals surface area contributed by atoms with Crippen molar-refractivity contribution in [2.24, 2.45) is 5.73 Å². The zero-order valence-electron chi connectivity index (χ0n) is 8.50. The van der Waals surface area contributed by atoms with E-state index in [0.717, 1.165) is 4.31 Å². The van der Waals surface area contributed by atoms with E-state index in [1.807, 2.05) is 0 Å². The number of alkyl halides is 2. The summed E-state index contributed by atoms with van der Waals surface area (Å²) in [6.45, 7) is 4.49. The summed E-state index contributed by atoms with van der Waals surface area (Å²) in [6, 6.07) is 0. The monoisotopic (exact) mass is 230 g/mol. The third kappa shape index (κ3) is 2.61. The summed E-state index contributed by atoms with van der Waals surface area (Å²) in [4.78, 5) is 0. The molecule has 0 unspecified atom stereocenters. The molecule has 0 aromatic rings. The molecule has 0 fully saturated rings. The van der Waals surface area contributed by atoms with Crippen LogP contribution in [0.15, 0.2) is 0 Å². The van der Waals surface area contributed by atoms with Crippen LogP contribution in [0.4, 0.5) is 8.78 Å². The fourth-order valence-electron chi connectivity index (χ4n) is 1.15. The van der Waals surface area contributed by atoms with Gasteiger partial charge in [-0.3, -0.25) is 0 Å². The smallest absolute Gasteiger partial charge is 0.329 e. The van der Waals surface area contributed by atoms with Crippen molar-refractivity contribution < 1.29 is 17.2 Å². The molecule has 0 aliphatic heterocycles. The van der Waals surface area contributed by atoms with E-state index in [0.29, 0.717) is 0 Å². The molecule has 0 aliphatic rings. The quantitative estimate of drug-likeness (QED) is 0.752. The molecule has 7 heteroatoms. The largest absolute Gasteiger partial charge is 0.350 e. The number of hydrogen-bond donors (Lipinski definition) is 1. The van der Waals surface area contributed by atoms with Gasteiger partial charge in [-0.1, -0.05) is 6.92 Å². The van der Waals surface area contributed by atoms with E-state index in [2.05, 4.69) is 0 Å². The standard InChI is InChI=1S/C7H16F2N2O2S/c1-4-11(7(2,3)5-10)14(12,13)6(8)9/h6H,4-5,10H2,1-3H3. The van der Waals surface area contributed by atoms with Crippen molar-refractivity contribution in [1.82, 2.24) is 4.31 Å². The Kier molecular flexibility index (Phi) is 4.41. The van der Waals surface area contributed by atoms with Crippen LogP contribution in [0.2, 0.25) is 0 Å². The molecule has 0 aromatic heterocycles. The molecular weight excluding hydrogens is 214 g/mol. The van der Waals surface area contributed by atoms with Gasteiger partial charge in [-0.25, -0.2) is 8.42 Å². The van der Waals surface area contributed by atoms with Crippen molar-refractivity contribution in [1.29, 1.82) is 0 Å². The molecule has 0 bridgehead atoms. The van der Waals surface area contributed by atoms with Gasteiger partial charge in [0.05, 0.1) is 0 Å². The minimum atomic E-state index is -4.54. The molecule has 14 heavy (non-hydrogen) atoms. The number of likely N-dealkylation sites (N-methyl/N-ethyl adjacent to an activating group) is 1. The van der Waals surface area contributed by atoms with Crippen LogP contribution in [0.5, 0.6) is 0 Å². The predicted octanol–water partition coefficient (Wildman–Crippen LogP) is 0.598. The lowest BCUT2D eigenvalue weighted by atomic mass is 10.1. The summed E-state index contributed by atoms with van der Waals surface area (Å²) in [6.07, 6.45) is 0. The fourth-order valence-corrected chi connectivity index (χ4v) is 2.47. The molecule has 0 aromatic carbocycles. The van der Waals surface area contributed by atoms with Crippen LogP contribution in [-0.2, 0) is 10.0 Å². The van der Waals surface area contributed by atoms with Gasteiger partial charge in [0.25, 0.3) is 10.0 Å². The van der Waals surface area contributed by atoms with E-state index in [1.165, 1.54) is 20.8 Å². The lowest BCUT2D eigenvalue weighted by Crippen LogP contribution is -2.53. The molecule has 0 radical (unpaired) electrons. The zero-order valence-corrected chi connectivity index (χ0v) is 9.31. The molecular formula is C7H16F2N2O2S. The van der Waals surface area contributed by atoms with E-state index in [9.17, 15) is 17.2 Å². The van der Waals surface area contributed by atoms with Gasteiger partial charge in [-0.2, -0.15) is 13.1 Å². The number of halogens is 2. The molecule has 86 valence electrons. The third-order valence-electron chi connectivity index (χ3n) is 1.99. The number of nitrogens with zero attached hydrogens (tertiary/aromatic N) is 1. The van der Waals surface area contributed by atoms with Crippen LogP contribution in [0.1, 0.15) is 20.8 Å². The first kappa shape index (κ1) is 13.7. The summed E-state index contributed by atoms with van der Waals surface area (Å²) >= 11 is 0. The van der Waals surface area contributed by atoms with Gasteiger partial charge in [0.1, 0.15) is 0 Å². The van der Waals surface area contributed by atoms with Crippen LogP contribution in [-0.4, -0.2) is 37.1 Å². The Bertz CT molecular complexity index is 277. The average Bonchev–Trinajstić information content (AvgIpc) is 2.04. The second-order valence-electron chi connectivity index (χ2n) is 3.49. The highest BCUT2D eigenvalue weighted by Crippen LogP contribution is 2.21. The second-order valence-corrected chi connectivity index (χ2v) is 5.31. The van der Waals surface area contributed by atoms with E-state index in [-0.39, 0.29) is 13.1 Å². The molecule has 4 nitrogen and oxygen atoms in total. The van der Waals surface area contributed by atoms with E-state index in [4.69, 9.17) is 5.73 Å². The third-order valence-corrected chi connectivity index (χ3v) is 3.81. The maximum absolute atomic E-state index is 12.2. The highest BCUT2D eigenvalue weighted by Gasteiger charge is 2.39. The molecule has 0 atom stereocenters. The summed E-state index contributed by atoms with van der Waals surface area (Å²) in [5.74, 6) is -3.40. The van der Waals surface area contributed by atoms with Crippen molar-refractivity contribution >= 4 is 10.0 Å². The number of rotatable bonds is 5. The second kappa shape index (κ2) is 4.50. The topological polar surface area (TPSA) is 63.4 Å². The van der Waals surface area contributed by atoms with Gasteiger partial charge < -0.3 is 5.73 Å². The molecule has 0 rings (SSSR count). The first-order chi connectivity index (χ1) is 6.20. The van der Waals surface area contributed by atoms with Gasteiger partial charge >= 0.3 is 5.76 Å². The molecule has 0 heterocycles. The van der Waals surface area contributed by atoms with E-state index in [1.54, 1.807) is 0 Å². The van der Waals surface area contributed by atoms with E-state index < -0.39 is 21.3 Å². The Morgan fingerprint density at radius 1 is 1.43 bits per heavy atom. The molecule has 0 amide bonds. The zero-order chi connectivity index (χ0) is 11.6. The maximum Gasteiger partial charge on any atom is 0.350 e. The van der Waals surface area contributed by atoms with Crippen LogP contribution in [0, 0.1) is 0 Å². The molecule has 2 N–H and O–H groups in total. The van der Waals surface area contributed by atoms with Gasteiger partial charge in [0.2, 0.25) is 0 Å². The molecule has 0 spiro atoms. The van der Waals surface area contributed by atoms with Gasteiger partial charge in [0.15, 0.2) is 0 Å². The first-order valence-corrected chi connectivity index (χ1v) is 5.70. The minimum Gasteiger partial charge on any atom is -0.329 e. The Morgan fingerprint density at radius 2 is 1.86 bits per heavy atom. The predicted molar refractivity (Wildman–Crippen MR) is 50.4 cm³/mol. The summed E-state index contributed by atoms with van der Waals surface area (Å²) in [5, 5.41) is 0. The van der Waals surface area contributed by atoms with Gasteiger partial charge in [-0.15, -0.1) is 0 Å². The minimum absolute atomic E-state index is 0.00715. The first-order valence-electron chi connectivity index (χ1n) is 4.20. The normalized spacial score (nSPS) is 14.0. The summed E-state index contributed by atoms with van der Waals surface area (Å²) < 4.78 is 47.6.